The molecular formula is C16H25NO. The number of ether oxygens (including phenoxy) is 1. The highest BCUT2D eigenvalue weighted by molar-refractivity contribution is 5.14. The number of aryl methyl sites for hydroxylation is 1. The number of hydrogen-bond donors (Lipinski definition) is 1. The van der Waals surface area contributed by atoms with Crippen molar-refractivity contribution < 1.29 is 4.74 Å². The molecule has 0 radical (unpaired) electrons. The molecule has 2 nitrogen and oxygen atoms in total. The summed E-state index contributed by atoms with van der Waals surface area (Å²) in [5.74, 6) is 0.796. The summed E-state index contributed by atoms with van der Waals surface area (Å²) in [6.07, 6.45) is 5.91. The molecule has 0 bridgehead atoms. The summed E-state index contributed by atoms with van der Waals surface area (Å²) in [5, 5.41) is 0. The zero-order chi connectivity index (χ0) is 12.8. The van der Waals surface area contributed by atoms with E-state index in [0.717, 1.165) is 31.8 Å². The standard InChI is InChI=1S/C16H25NO/c1-13-9-10-18-16(11-13)12-15(17)8-7-14-5-3-2-4-6-14/h2-6,13,15-16H,7-12,17H2,1H3. The van der Waals surface area contributed by atoms with Gasteiger partial charge in [0, 0.05) is 12.6 Å². The van der Waals surface area contributed by atoms with Gasteiger partial charge >= 0.3 is 0 Å². The van der Waals surface area contributed by atoms with Crippen molar-refractivity contribution in [1.29, 1.82) is 0 Å². The molecule has 0 spiro atoms. The van der Waals surface area contributed by atoms with Crippen molar-refractivity contribution in [3.8, 4) is 0 Å². The zero-order valence-corrected chi connectivity index (χ0v) is 11.3. The number of benzene rings is 1. The molecule has 1 aromatic carbocycles. The van der Waals surface area contributed by atoms with Crippen LogP contribution in [-0.4, -0.2) is 18.8 Å². The Labute approximate surface area is 111 Å². The molecule has 0 saturated carbocycles. The van der Waals surface area contributed by atoms with Crippen molar-refractivity contribution in [2.75, 3.05) is 6.61 Å². The van der Waals surface area contributed by atoms with Crippen LogP contribution in [0.1, 0.15) is 38.2 Å². The molecule has 3 atom stereocenters. The van der Waals surface area contributed by atoms with E-state index in [1.807, 2.05) is 0 Å². The predicted octanol–water partition coefficient (Wildman–Crippen LogP) is 3.15. The highest BCUT2D eigenvalue weighted by Crippen LogP contribution is 2.22. The minimum Gasteiger partial charge on any atom is -0.378 e. The first-order chi connectivity index (χ1) is 8.74. The molecule has 0 amide bonds. The van der Waals surface area contributed by atoms with Gasteiger partial charge in [-0.2, -0.15) is 0 Å². The fourth-order valence-electron chi connectivity index (χ4n) is 2.69. The summed E-state index contributed by atoms with van der Waals surface area (Å²) < 4.78 is 5.79. The van der Waals surface area contributed by atoms with Gasteiger partial charge in [-0.3, -0.25) is 0 Å². The van der Waals surface area contributed by atoms with Gasteiger partial charge in [0.25, 0.3) is 0 Å². The highest BCUT2D eigenvalue weighted by Gasteiger charge is 2.21. The summed E-state index contributed by atoms with van der Waals surface area (Å²) in [6, 6.07) is 10.8. The van der Waals surface area contributed by atoms with Crippen molar-refractivity contribution in [3.63, 3.8) is 0 Å². The van der Waals surface area contributed by atoms with E-state index in [4.69, 9.17) is 10.5 Å². The van der Waals surface area contributed by atoms with E-state index in [1.165, 1.54) is 18.4 Å². The molecule has 18 heavy (non-hydrogen) atoms. The molecule has 2 N–H and O–H groups in total. The van der Waals surface area contributed by atoms with Gasteiger partial charge in [0.15, 0.2) is 0 Å². The maximum absolute atomic E-state index is 6.22. The quantitative estimate of drug-likeness (QED) is 0.867. The minimum atomic E-state index is 0.264. The van der Waals surface area contributed by atoms with Crippen LogP contribution in [0.3, 0.4) is 0 Å². The average molecular weight is 247 g/mol. The lowest BCUT2D eigenvalue weighted by Crippen LogP contribution is -2.32. The molecule has 1 aromatic rings. The summed E-state index contributed by atoms with van der Waals surface area (Å²) in [7, 11) is 0. The van der Waals surface area contributed by atoms with Crippen LogP contribution in [0.15, 0.2) is 30.3 Å². The Morgan fingerprint density at radius 2 is 2.11 bits per heavy atom. The van der Waals surface area contributed by atoms with Gasteiger partial charge in [0.1, 0.15) is 0 Å². The molecule has 2 rings (SSSR count). The van der Waals surface area contributed by atoms with E-state index in [1.54, 1.807) is 0 Å². The Kier molecular flexibility index (Phi) is 5.21. The number of rotatable bonds is 5. The molecule has 1 fully saturated rings. The van der Waals surface area contributed by atoms with Crippen LogP contribution in [0.5, 0.6) is 0 Å². The lowest BCUT2D eigenvalue weighted by atomic mass is 9.92. The summed E-state index contributed by atoms with van der Waals surface area (Å²) in [5.41, 5.74) is 7.60. The third-order valence-electron chi connectivity index (χ3n) is 3.84. The average Bonchev–Trinajstić information content (AvgIpc) is 2.38. The Morgan fingerprint density at radius 3 is 2.83 bits per heavy atom. The van der Waals surface area contributed by atoms with Gasteiger partial charge in [0.05, 0.1) is 6.10 Å². The molecule has 100 valence electrons. The van der Waals surface area contributed by atoms with E-state index < -0.39 is 0 Å². The van der Waals surface area contributed by atoms with E-state index in [0.29, 0.717) is 6.10 Å². The number of nitrogens with two attached hydrogens (primary N) is 1. The van der Waals surface area contributed by atoms with Gasteiger partial charge in [-0.1, -0.05) is 37.3 Å². The molecule has 0 aromatic heterocycles. The normalized spacial score (nSPS) is 25.9. The minimum absolute atomic E-state index is 0.264. The predicted molar refractivity (Wildman–Crippen MR) is 75.5 cm³/mol. The maximum atomic E-state index is 6.22. The van der Waals surface area contributed by atoms with Crippen LogP contribution in [0.25, 0.3) is 0 Å². The second kappa shape index (κ2) is 6.91. The molecule has 1 aliphatic rings. The Bertz CT molecular complexity index is 338. The smallest absolute Gasteiger partial charge is 0.0592 e. The van der Waals surface area contributed by atoms with Gasteiger partial charge < -0.3 is 10.5 Å². The zero-order valence-electron chi connectivity index (χ0n) is 11.3. The van der Waals surface area contributed by atoms with E-state index in [9.17, 15) is 0 Å². The lowest BCUT2D eigenvalue weighted by molar-refractivity contribution is -0.0129. The van der Waals surface area contributed by atoms with E-state index in [2.05, 4.69) is 37.3 Å². The molecule has 3 unspecified atom stereocenters. The van der Waals surface area contributed by atoms with Crippen LogP contribution >= 0.6 is 0 Å². The number of hydrogen-bond acceptors (Lipinski definition) is 2. The summed E-state index contributed by atoms with van der Waals surface area (Å²) in [6.45, 7) is 3.22. The third-order valence-corrected chi connectivity index (χ3v) is 3.84. The summed E-state index contributed by atoms with van der Waals surface area (Å²) >= 11 is 0. The van der Waals surface area contributed by atoms with Gasteiger partial charge in [0.2, 0.25) is 0 Å². The molecule has 1 heterocycles. The van der Waals surface area contributed by atoms with Crippen LogP contribution < -0.4 is 5.73 Å². The fraction of sp³-hybridized carbons (Fsp3) is 0.625. The fourth-order valence-corrected chi connectivity index (χ4v) is 2.69. The van der Waals surface area contributed by atoms with Crippen LogP contribution in [0.2, 0.25) is 0 Å². The Morgan fingerprint density at radius 1 is 1.33 bits per heavy atom. The molecule has 1 saturated heterocycles. The lowest BCUT2D eigenvalue weighted by Gasteiger charge is -2.29. The van der Waals surface area contributed by atoms with Gasteiger partial charge in [-0.15, -0.1) is 0 Å². The topological polar surface area (TPSA) is 35.2 Å². The van der Waals surface area contributed by atoms with E-state index in [-0.39, 0.29) is 6.04 Å². The monoisotopic (exact) mass is 247 g/mol. The SMILES string of the molecule is CC1CCOC(CC(N)CCc2ccccc2)C1. The Hall–Kier alpha value is -0.860. The second-order valence-corrected chi connectivity index (χ2v) is 5.64. The van der Waals surface area contributed by atoms with Gasteiger partial charge in [-0.25, -0.2) is 0 Å². The highest BCUT2D eigenvalue weighted by atomic mass is 16.5. The first kappa shape index (κ1) is 13.6. The van der Waals surface area contributed by atoms with Crippen LogP contribution in [0.4, 0.5) is 0 Å². The summed E-state index contributed by atoms with van der Waals surface area (Å²) in [4.78, 5) is 0. The molecule has 0 aliphatic carbocycles. The first-order valence-electron chi connectivity index (χ1n) is 7.15. The second-order valence-electron chi connectivity index (χ2n) is 5.64. The Balaban J connectivity index is 1.70. The van der Waals surface area contributed by atoms with Gasteiger partial charge in [-0.05, 0) is 43.6 Å². The molecule has 2 heteroatoms. The van der Waals surface area contributed by atoms with Crippen molar-refractivity contribution in [2.24, 2.45) is 11.7 Å². The van der Waals surface area contributed by atoms with Crippen molar-refractivity contribution in [2.45, 2.75) is 51.2 Å². The molecular weight excluding hydrogens is 222 g/mol. The van der Waals surface area contributed by atoms with Crippen molar-refractivity contribution in [1.82, 2.24) is 0 Å². The van der Waals surface area contributed by atoms with Crippen LogP contribution in [0, 0.1) is 5.92 Å². The van der Waals surface area contributed by atoms with Crippen molar-refractivity contribution in [3.05, 3.63) is 35.9 Å². The van der Waals surface area contributed by atoms with Crippen molar-refractivity contribution >= 4 is 0 Å². The maximum Gasteiger partial charge on any atom is 0.0592 e. The third kappa shape index (κ3) is 4.43. The van der Waals surface area contributed by atoms with Crippen LogP contribution in [-0.2, 0) is 11.2 Å². The first-order valence-corrected chi connectivity index (χ1v) is 7.15. The largest absolute Gasteiger partial charge is 0.378 e. The molecule has 1 aliphatic heterocycles. The van der Waals surface area contributed by atoms with E-state index >= 15 is 0 Å².